The van der Waals surface area contributed by atoms with E-state index in [1.54, 1.807) is 20.8 Å². The molecule has 1 aromatic heterocycles. The Balaban J connectivity index is 1.41. The molecule has 4 rings (SSSR count). The summed E-state index contributed by atoms with van der Waals surface area (Å²) in [6.07, 6.45) is -1.43. The van der Waals surface area contributed by atoms with Crippen LogP contribution in [0.2, 0.25) is 0 Å². The quantitative estimate of drug-likeness (QED) is 0.442. The number of aryl methyl sites for hydroxylation is 2. The van der Waals surface area contributed by atoms with Gasteiger partial charge in [0.15, 0.2) is 0 Å². The molecule has 1 aliphatic carbocycles. The molecule has 0 bridgehead atoms. The third-order valence-electron chi connectivity index (χ3n) is 6.24. The number of fused-ring (bicyclic) bond motifs is 3. The molecule has 1 aliphatic rings. The van der Waals surface area contributed by atoms with E-state index < -0.39 is 36.5 Å². The van der Waals surface area contributed by atoms with Gasteiger partial charge in [-0.05, 0) is 49.1 Å². The second-order valence-electron chi connectivity index (χ2n) is 8.72. The number of aliphatic carboxylic acids is 1. The summed E-state index contributed by atoms with van der Waals surface area (Å²) in [7, 11) is 0. The summed E-state index contributed by atoms with van der Waals surface area (Å²) in [5.74, 6) is -0.613. The minimum absolute atomic E-state index is 0.0607. The smallest absolute Gasteiger partial charge is 0.407 e. The molecule has 0 spiro atoms. The number of carbonyl (C=O) groups excluding carboxylic acids is 2. The van der Waals surface area contributed by atoms with Crippen LogP contribution in [-0.4, -0.2) is 35.7 Å². The summed E-state index contributed by atoms with van der Waals surface area (Å²) >= 11 is 0. The van der Waals surface area contributed by atoms with Crippen molar-refractivity contribution in [3.8, 4) is 11.1 Å². The number of carbonyl (C=O) groups is 3. The first-order valence-electron chi connectivity index (χ1n) is 11.4. The van der Waals surface area contributed by atoms with Gasteiger partial charge in [-0.15, -0.1) is 0 Å². The van der Waals surface area contributed by atoms with Gasteiger partial charge in [-0.25, -0.2) is 4.79 Å². The highest BCUT2D eigenvalue weighted by Crippen LogP contribution is 2.44. The molecule has 182 valence electrons. The van der Waals surface area contributed by atoms with Crippen LogP contribution in [0, 0.1) is 13.8 Å². The second kappa shape index (κ2) is 10.0. The van der Waals surface area contributed by atoms with E-state index in [4.69, 9.17) is 9.15 Å². The Morgan fingerprint density at radius 1 is 1.00 bits per heavy atom. The number of hydrogen-bond donors (Lipinski definition) is 3. The number of ether oxygens (including phenoxy) is 1. The van der Waals surface area contributed by atoms with Crippen LogP contribution in [-0.2, 0) is 14.3 Å². The highest BCUT2D eigenvalue weighted by atomic mass is 16.5. The molecule has 3 aromatic rings. The lowest BCUT2D eigenvalue weighted by Crippen LogP contribution is -2.48. The molecule has 0 saturated heterocycles. The predicted molar refractivity (Wildman–Crippen MR) is 129 cm³/mol. The van der Waals surface area contributed by atoms with E-state index in [-0.39, 0.29) is 12.5 Å². The van der Waals surface area contributed by atoms with Crippen molar-refractivity contribution in [3.05, 3.63) is 82.8 Å². The van der Waals surface area contributed by atoms with Gasteiger partial charge in [-0.3, -0.25) is 9.59 Å². The zero-order valence-electron chi connectivity index (χ0n) is 19.8. The Hall–Kier alpha value is -4.07. The summed E-state index contributed by atoms with van der Waals surface area (Å²) in [5, 5.41) is 14.4. The number of amides is 2. The van der Waals surface area contributed by atoms with Crippen molar-refractivity contribution in [2.45, 2.75) is 45.2 Å². The second-order valence-corrected chi connectivity index (χ2v) is 8.72. The van der Waals surface area contributed by atoms with Gasteiger partial charge in [-0.1, -0.05) is 48.5 Å². The Bertz CT molecular complexity index is 1220. The first-order chi connectivity index (χ1) is 16.7. The highest BCUT2D eigenvalue weighted by molar-refractivity contribution is 5.89. The summed E-state index contributed by atoms with van der Waals surface area (Å²) in [4.78, 5) is 36.8. The van der Waals surface area contributed by atoms with Gasteiger partial charge in [0, 0.05) is 11.5 Å². The Morgan fingerprint density at radius 2 is 1.60 bits per heavy atom. The van der Waals surface area contributed by atoms with Crippen LogP contribution in [0.15, 0.2) is 59.0 Å². The van der Waals surface area contributed by atoms with Crippen LogP contribution in [0.3, 0.4) is 0 Å². The molecule has 0 saturated carbocycles. The number of hydrogen-bond acceptors (Lipinski definition) is 5. The maximum Gasteiger partial charge on any atom is 0.407 e. The predicted octanol–water partition coefficient (Wildman–Crippen LogP) is 4.46. The molecule has 2 aromatic carbocycles. The zero-order chi connectivity index (χ0) is 25.1. The van der Waals surface area contributed by atoms with E-state index in [0.717, 1.165) is 27.8 Å². The summed E-state index contributed by atoms with van der Waals surface area (Å²) in [6, 6.07) is 16.0. The van der Waals surface area contributed by atoms with Gasteiger partial charge in [0.05, 0.1) is 12.5 Å². The van der Waals surface area contributed by atoms with E-state index in [0.29, 0.717) is 11.5 Å². The Kier molecular flexibility index (Phi) is 6.91. The number of rotatable bonds is 8. The van der Waals surface area contributed by atoms with Crippen LogP contribution < -0.4 is 10.6 Å². The van der Waals surface area contributed by atoms with Gasteiger partial charge in [0.1, 0.15) is 24.2 Å². The molecule has 2 unspecified atom stereocenters. The fourth-order valence-electron chi connectivity index (χ4n) is 4.64. The van der Waals surface area contributed by atoms with Crippen LogP contribution >= 0.6 is 0 Å². The Morgan fingerprint density at radius 3 is 2.14 bits per heavy atom. The minimum atomic E-state index is -1.29. The topological polar surface area (TPSA) is 118 Å². The van der Waals surface area contributed by atoms with Gasteiger partial charge < -0.3 is 24.9 Å². The molecule has 0 radical (unpaired) electrons. The highest BCUT2D eigenvalue weighted by Gasteiger charge is 2.30. The van der Waals surface area contributed by atoms with Crippen molar-refractivity contribution in [2.75, 3.05) is 6.61 Å². The van der Waals surface area contributed by atoms with Crippen LogP contribution in [0.25, 0.3) is 11.1 Å². The molecule has 3 N–H and O–H groups in total. The minimum Gasteiger partial charge on any atom is -0.481 e. The lowest BCUT2D eigenvalue weighted by molar-refractivity contribution is -0.140. The first-order valence-corrected chi connectivity index (χ1v) is 11.4. The average Bonchev–Trinajstić information content (AvgIpc) is 3.33. The van der Waals surface area contributed by atoms with Gasteiger partial charge in [0.25, 0.3) is 0 Å². The standard InChI is InChI=1S/C27H28N2O6/c1-15-12-22(17(3)35-15)16(2)28-26(32)24(13-25(30)31)29-27(33)34-14-23-20-10-6-4-8-18(20)19-9-5-7-11-21(19)23/h4-12,16,23-24H,13-14H2,1-3H3,(H,28,32)(H,29,33)(H,30,31). The maximum atomic E-state index is 12.8. The summed E-state index contributed by atoms with van der Waals surface area (Å²) in [5.41, 5.74) is 5.09. The van der Waals surface area contributed by atoms with E-state index >= 15 is 0 Å². The van der Waals surface area contributed by atoms with Gasteiger partial charge >= 0.3 is 12.1 Å². The van der Waals surface area contributed by atoms with Crippen LogP contribution in [0.5, 0.6) is 0 Å². The molecule has 0 fully saturated rings. The van der Waals surface area contributed by atoms with Crippen molar-refractivity contribution in [1.82, 2.24) is 10.6 Å². The number of carboxylic acid groups (broad SMARTS) is 1. The monoisotopic (exact) mass is 476 g/mol. The normalized spacial score (nSPS) is 13.9. The zero-order valence-corrected chi connectivity index (χ0v) is 19.8. The lowest BCUT2D eigenvalue weighted by atomic mass is 9.98. The van der Waals surface area contributed by atoms with Gasteiger partial charge in [-0.2, -0.15) is 0 Å². The number of furan rings is 1. The SMILES string of the molecule is Cc1cc(C(C)NC(=O)C(CC(=O)O)NC(=O)OCC2c3ccccc3-c3ccccc32)c(C)o1. The van der Waals surface area contributed by atoms with Crippen LogP contribution in [0.4, 0.5) is 4.79 Å². The molecule has 2 amide bonds. The fourth-order valence-corrected chi connectivity index (χ4v) is 4.64. The van der Waals surface area contributed by atoms with Crippen molar-refractivity contribution >= 4 is 18.0 Å². The lowest BCUT2D eigenvalue weighted by Gasteiger charge is -2.21. The molecular formula is C27H28N2O6. The molecule has 8 heteroatoms. The maximum absolute atomic E-state index is 12.8. The van der Waals surface area contributed by atoms with Crippen LogP contribution in [0.1, 0.15) is 53.5 Å². The first kappa shape index (κ1) is 24.1. The fraction of sp³-hybridized carbons (Fsp3) is 0.296. The molecular weight excluding hydrogens is 448 g/mol. The van der Waals surface area contributed by atoms with Crippen molar-refractivity contribution in [2.24, 2.45) is 0 Å². The van der Waals surface area contributed by atoms with E-state index in [1.165, 1.54) is 0 Å². The number of benzene rings is 2. The van der Waals surface area contributed by atoms with E-state index in [2.05, 4.69) is 10.6 Å². The van der Waals surface area contributed by atoms with E-state index in [9.17, 15) is 19.5 Å². The molecule has 2 atom stereocenters. The molecule has 8 nitrogen and oxygen atoms in total. The summed E-state index contributed by atoms with van der Waals surface area (Å²) in [6.45, 7) is 5.41. The number of nitrogens with one attached hydrogen (secondary N) is 2. The molecule has 35 heavy (non-hydrogen) atoms. The third-order valence-corrected chi connectivity index (χ3v) is 6.24. The average molecular weight is 477 g/mol. The number of carboxylic acids is 1. The third kappa shape index (κ3) is 5.21. The van der Waals surface area contributed by atoms with Gasteiger partial charge in [0.2, 0.25) is 5.91 Å². The van der Waals surface area contributed by atoms with Crippen molar-refractivity contribution < 1.29 is 28.6 Å². The van der Waals surface area contributed by atoms with Crippen molar-refractivity contribution in [1.29, 1.82) is 0 Å². The van der Waals surface area contributed by atoms with E-state index in [1.807, 2.05) is 54.6 Å². The summed E-state index contributed by atoms with van der Waals surface area (Å²) < 4.78 is 11.0. The van der Waals surface area contributed by atoms with Crippen molar-refractivity contribution in [3.63, 3.8) is 0 Å². The molecule has 1 heterocycles. The molecule has 0 aliphatic heterocycles. The number of alkyl carbamates (subject to hydrolysis) is 1. The largest absolute Gasteiger partial charge is 0.481 e. The Labute approximate surface area is 203 Å².